The van der Waals surface area contributed by atoms with Gasteiger partial charge < -0.3 is 24.6 Å². The predicted molar refractivity (Wildman–Crippen MR) is 128 cm³/mol. The van der Waals surface area contributed by atoms with Gasteiger partial charge in [0.15, 0.2) is 5.11 Å². The molecular weight excluding hydrogens is 442 g/mol. The largest absolute Gasteiger partial charge is 0.495 e. The van der Waals surface area contributed by atoms with E-state index >= 15 is 0 Å². The number of aromatic nitrogens is 2. The molecule has 9 nitrogen and oxygen atoms in total. The predicted octanol–water partition coefficient (Wildman–Crippen LogP) is 3.37. The lowest BCUT2D eigenvalue weighted by Gasteiger charge is -2.27. The van der Waals surface area contributed by atoms with Crippen LogP contribution in [0.4, 0.5) is 5.69 Å². The van der Waals surface area contributed by atoms with E-state index in [4.69, 9.17) is 17.0 Å². The smallest absolute Gasteiger partial charge is 0.271 e. The second-order valence-electron chi connectivity index (χ2n) is 7.82. The van der Waals surface area contributed by atoms with Crippen molar-refractivity contribution in [1.29, 1.82) is 0 Å². The molecule has 2 aromatic heterocycles. The van der Waals surface area contributed by atoms with E-state index in [-0.39, 0.29) is 24.4 Å². The molecule has 33 heavy (non-hydrogen) atoms. The molecule has 3 heterocycles. The Bertz CT molecular complexity index is 1200. The van der Waals surface area contributed by atoms with Crippen LogP contribution < -0.4 is 10.1 Å². The third-order valence-electron chi connectivity index (χ3n) is 5.94. The van der Waals surface area contributed by atoms with E-state index in [1.54, 1.807) is 19.4 Å². The number of aryl methyl sites for hydroxylation is 1. The Morgan fingerprint density at radius 1 is 1.27 bits per heavy atom. The summed E-state index contributed by atoms with van der Waals surface area (Å²) >= 11 is 5.60. The van der Waals surface area contributed by atoms with Gasteiger partial charge in [0, 0.05) is 36.3 Å². The van der Waals surface area contributed by atoms with E-state index in [2.05, 4.69) is 10.3 Å². The molecule has 1 saturated heterocycles. The highest BCUT2D eigenvalue weighted by molar-refractivity contribution is 7.80. The number of hydrogen-bond donors (Lipinski definition) is 2. The summed E-state index contributed by atoms with van der Waals surface area (Å²) in [6, 6.07) is 11.9. The van der Waals surface area contributed by atoms with Gasteiger partial charge in [-0.15, -0.1) is 0 Å². The Balaban J connectivity index is 1.88. The van der Waals surface area contributed by atoms with Gasteiger partial charge >= 0.3 is 0 Å². The van der Waals surface area contributed by atoms with E-state index in [1.807, 2.05) is 47.6 Å². The van der Waals surface area contributed by atoms with Crippen molar-refractivity contribution in [2.45, 2.75) is 25.9 Å². The van der Waals surface area contributed by atoms with Crippen LogP contribution in [0.2, 0.25) is 0 Å². The molecule has 0 saturated carbocycles. The van der Waals surface area contributed by atoms with Gasteiger partial charge in [0.05, 0.1) is 42.1 Å². The van der Waals surface area contributed by atoms with E-state index in [0.29, 0.717) is 23.1 Å². The molecule has 1 aliphatic heterocycles. The summed E-state index contributed by atoms with van der Waals surface area (Å²) in [5, 5.41) is 25.0. The second kappa shape index (κ2) is 9.16. The van der Waals surface area contributed by atoms with Crippen molar-refractivity contribution in [3.8, 4) is 11.4 Å². The van der Waals surface area contributed by atoms with Crippen LogP contribution in [0.3, 0.4) is 0 Å². The van der Waals surface area contributed by atoms with Crippen LogP contribution in [0, 0.1) is 24.0 Å². The fourth-order valence-electron chi connectivity index (χ4n) is 4.52. The summed E-state index contributed by atoms with van der Waals surface area (Å²) in [4.78, 5) is 17.5. The number of thiocarbonyl (C=S) groups is 1. The maximum Gasteiger partial charge on any atom is 0.271 e. The molecule has 2 N–H and O–H groups in total. The van der Waals surface area contributed by atoms with Crippen molar-refractivity contribution in [3.63, 3.8) is 0 Å². The quantitative estimate of drug-likeness (QED) is 0.310. The number of benzene rings is 1. The first kappa shape index (κ1) is 22.7. The van der Waals surface area contributed by atoms with Crippen molar-refractivity contribution in [2.24, 2.45) is 0 Å². The van der Waals surface area contributed by atoms with Gasteiger partial charge in [-0.05, 0) is 55.9 Å². The first-order valence-electron chi connectivity index (χ1n) is 10.5. The third-order valence-corrected chi connectivity index (χ3v) is 6.29. The van der Waals surface area contributed by atoms with Gasteiger partial charge in [-0.3, -0.25) is 15.1 Å². The minimum absolute atomic E-state index is 0.0168. The molecule has 0 spiro atoms. The van der Waals surface area contributed by atoms with Crippen LogP contribution in [0.1, 0.15) is 34.7 Å². The van der Waals surface area contributed by atoms with Crippen LogP contribution >= 0.6 is 12.2 Å². The number of nitrogens with one attached hydrogen (secondary N) is 1. The molecule has 4 rings (SSSR count). The zero-order chi connectivity index (χ0) is 23.7. The molecule has 1 aromatic carbocycles. The summed E-state index contributed by atoms with van der Waals surface area (Å²) in [6.45, 7) is 4.23. The number of rotatable bonds is 7. The molecule has 3 aromatic rings. The topological polar surface area (TPSA) is 106 Å². The summed E-state index contributed by atoms with van der Waals surface area (Å²) < 4.78 is 7.47. The Morgan fingerprint density at radius 2 is 2.06 bits per heavy atom. The normalized spacial score (nSPS) is 17.8. The van der Waals surface area contributed by atoms with Gasteiger partial charge in [-0.1, -0.05) is 6.07 Å². The Morgan fingerprint density at radius 3 is 2.70 bits per heavy atom. The van der Waals surface area contributed by atoms with Gasteiger partial charge in [0.2, 0.25) is 0 Å². The van der Waals surface area contributed by atoms with Gasteiger partial charge in [-0.25, -0.2) is 0 Å². The van der Waals surface area contributed by atoms with Gasteiger partial charge in [-0.2, -0.15) is 0 Å². The molecule has 2 atom stereocenters. The van der Waals surface area contributed by atoms with Crippen LogP contribution in [-0.4, -0.2) is 49.9 Å². The number of nitro groups is 1. The average Bonchev–Trinajstić information content (AvgIpc) is 3.29. The summed E-state index contributed by atoms with van der Waals surface area (Å²) in [7, 11) is 1.54. The van der Waals surface area contributed by atoms with Crippen molar-refractivity contribution >= 4 is 23.0 Å². The Labute approximate surface area is 196 Å². The fourth-order valence-corrected chi connectivity index (χ4v) is 4.85. The van der Waals surface area contributed by atoms with Crippen LogP contribution in [0.5, 0.6) is 5.75 Å². The molecule has 0 unspecified atom stereocenters. The van der Waals surface area contributed by atoms with Crippen LogP contribution in [-0.2, 0) is 0 Å². The lowest BCUT2D eigenvalue weighted by atomic mass is 9.97. The van der Waals surface area contributed by atoms with Crippen molar-refractivity contribution < 1.29 is 14.8 Å². The zero-order valence-corrected chi connectivity index (χ0v) is 19.4. The van der Waals surface area contributed by atoms with Crippen LogP contribution in [0.15, 0.2) is 48.7 Å². The molecule has 1 aliphatic rings. The number of aliphatic hydroxyl groups is 1. The Kier molecular flexibility index (Phi) is 6.30. The lowest BCUT2D eigenvalue weighted by Crippen LogP contribution is -2.32. The van der Waals surface area contributed by atoms with E-state index in [1.165, 1.54) is 12.1 Å². The number of methoxy groups -OCH3 is 1. The number of non-ortho nitro benzene ring substituents is 1. The highest BCUT2D eigenvalue weighted by Crippen LogP contribution is 2.42. The summed E-state index contributed by atoms with van der Waals surface area (Å²) in [5.41, 5.74) is 4.18. The maximum absolute atomic E-state index is 11.4. The molecule has 0 radical (unpaired) electrons. The number of aliphatic hydroxyl groups excluding tert-OH is 1. The van der Waals surface area contributed by atoms with Gasteiger partial charge in [0.25, 0.3) is 5.69 Å². The average molecular weight is 468 g/mol. The number of nitrogens with zero attached hydrogens (tertiary/aromatic N) is 4. The monoisotopic (exact) mass is 467 g/mol. The van der Waals surface area contributed by atoms with E-state index < -0.39 is 4.92 Å². The van der Waals surface area contributed by atoms with Crippen molar-refractivity contribution in [1.82, 2.24) is 19.8 Å². The summed E-state index contributed by atoms with van der Waals surface area (Å²) in [5.74, 6) is 0.530. The van der Waals surface area contributed by atoms with Crippen molar-refractivity contribution in [3.05, 3.63) is 81.4 Å². The molecule has 0 amide bonds. The van der Waals surface area contributed by atoms with Crippen LogP contribution in [0.25, 0.3) is 5.69 Å². The highest BCUT2D eigenvalue weighted by atomic mass is 32.1. The molecule has 1 fully saturated rings. The fraction of sp³-hybridized carbons (Fsp3) is 0.304. The second-order valence-corrected chi connectivity index (χ2v) is 8.21. The number of ether oxygens (including phenoxy) is 1. The van der Waals surface area contributed by atoms with E-state index in [9.17, 15) is 15.2 Å². The SMILES string of the molecule is COc1ccc([N+](=O)[O-])cc1-n1c(C)cc([C@@H]2[C@H](c3ccccn3)NC(=S)N2CCO)c1C. The first-order valence-corrected chi connectivity index (χ1v) is 10.9. The molecule has 0 bridgehead atoms. The zero-order valence-electron chi connectivity index (χ0n) is 18.6. The number of nitro benzene ring substituents is 1. The highest BCUT2D eigenvalue weighted by Gasteiger charge is 2.41. The van der Waals surface area contributed by atoms with Crippen molar-refractivity contribution in [2.75, 3.05) is 20.3 Å². The van der Waals surface area contributed by atoms with Gasteiger partial charge in [0.1, 0.15) is 5.75 Å². The number of β-amino-alcohol motifs (C(OH)–C–C–N with tert-alkyl or cyclic N) is 1. The number of hydrogen-bond acceptors (Lipinski definition) is 6. The minimum Gasteiger partial charge on any atom is -0.495 e. The molecule has 10 heteroatoms. The maximum atomic E-state index is 11.4. The molecule has 172 valence electrons. The Hall–Kier alpha value is -3.50. The number of pyridine rings is 1. The standard InChI is InChI=1S/C23H25N5O4S/c1-14-12-17(15(2)27(14)19-13-16(28(30)31)7-8-20(19)32-3)22-21(18-6-4-5-9-24-18)25-23(33)26(22)10-11-29/h4-9,12-13,21-22,29H,10-11H2,1-3H3,(H,25,33)/t21-,22+/m0/s1. The first-order chi connectivity index (χ1) is 15.9. The third kappa shape index (κ3) is 4.03. The minimum atomic E-state index is -0.419. The lowest BCUT2D eigenvalue weighted by molar-refractivity contribution is -0.384. The van der Waals surface area contributed by atoms with E-state index in [0.717, 1.165) is 22.6 Å². The molecule has 0 aliphatic carbocycles. The summed E-state index contributed by atoms with van der Waals surface area (Å²) in [6.07, 6.45) is 1.74. The molecular formula is C23H25N5O4S.